The van der Waals surface area contributed by atoms with Gasteiger partial charge < -0.3 is 24.6 Å². The zero-order valence-corrected chi connectivity index (χ0v) is 17.1. The van der Waals surface area contributed by atoms with Crippen molar-refractivity contribution in [1.29, 1.82) is 0 Å². The quantitative estimate of drug-likeness (QED) is 0.823. The summed E-state index contributed by atoms with van der Waals surface area (Å²) in [6.07, 6.45) is 0.236. The molecule has 27 heavy (non-hydrogen) atoms. The van der Waals surface area contributed by atoms with E-state index in [1.807, 2.05) is 23.1 Å². The van der Waals surface area contributed by atoms with Gasteiger partial charge in [-0.1, -0.05) is 13.8 Å². The van der Waals surface area contributed by atoms with Crippen molar-refractivity contribution in [1.82, 2.24) is 15.1 Å². The van der Waals surface area contributed by atoms with Crippen LogP contribution in [0, 0.1) is 11.8 Å². The van der Waals surface area contributed by atoms with Crippen molar-refractivity contribution in [3.05, 3.63) is 23.8 Å². The Balaban J connectivity index is 2.11. The topological polar surface area (TPSA) is 71.1 Å². The van der Waals surface area contributed by atoms with E-state index < -0.39 is 0 Å². The lowest BCUT2D eigenvalue weighted by molar-refractivity contribution is -0.129. The number of hydrogen-bond donors (Lipinski definition) is 1. The number of nitrogens with one attached hydrogen (secondary N) is 1. The third-order valence-electron chi connectivity index (χ3n) is 5.12. The standard InChI is InChI=1S/C20H31N3O4/c1-13(2)16-11-23(12-17(16)21-20(25)22(3)4)19(24)10-14-9-15(26-5)7-8-18(14)27-6/h7-9,13,16-17H,10-12H2,1-6H3,(H,21,25). The highest BCUT2D eigenvalue weighted by Gasteiger charge is 2.38. The van der Waals surface area contributed by atoms with Crippen molar-refractivity contribution in [3.63, 3.8) is 0 Å². The van der Waals surface area contributed by atoms with Crippen LogP contribution in [0.1, 0.15) is 19.4 Å². The molecule has 2 rings (SSSR count). The summed E-state index contributed by atoms with van der Waals surface area (Å²) in [4.78, 5) is 28.3. The molecule has 1 fully saturated rings. The maximum Gasteiger partial charge on any atom is 0.317 e. The molecule has 1 heterocycles. The summed E-state index contributed by atoms with van der Waals surface area (Å²) in [7, 11) is 6.62. The lowest BCUT2D eigenvalue weighted by Gasteiger charge is -2.24. The van der Waals surface area contributed by atoms with Crippen LogP contribution >= 0.6 is 0 Å². The summed E-state index contributed by atoms with van der Waals surface area (Å²) in [6.45, 7) is 5.41. The van der Waals surface area contributed by atoms with E-state index in [0.717, 1.165) is 5.56 Å². The first kappa shape index (κ1) is 20.9. The first-order valence-corrected chi connectivity index (χ1v) is 9.23. The normalized spacial score (nSPS) is 19.1. The Kier molecular flexibility index (Phi) is 6.93. The highest BCUT2D eigenvalue weighted by molar-refractivity contribution is 5.80. The SMILES string of the molecule is COc1ccc(OC)c(CC(=O)N2CC(NC(=O)N(C)C)C(C(C)C)C2)c1. The first-order chi connectivity index (χ1) is 12.8. The zero-order valence-electron chi connectivity index (χ0n) is 17.1. The van der Waals surface area contributed by atoms with Crippen molar-refractivity contribution in [2.45, 2.75) is 26.3 Å². The average Bonchev–Trinajstić information content (AvgIpc) is 3.05. The van der Waals surface area contributed by atoms with Gasteiger partial charge in [-0.25, -0.2) is 4.79 Å². The van der Waals surface area contributed by atoms with Crippen molar-refractivity contribution in [2.24, 2.45) is 11.8 Å². The molecule has 0 saturated carbocycles. The maximum absolute atomic E-state index is 12.9. The van der Waals surface area contributed by atoms with Crippen LogP contribution in [0.15, 0.2) is 18.2 Å². The molecule has 7 heteroatoms. The Morgan fingerprint density at radius 2 is 1.93 bits per heavy atom. The van der Waals surface area contributed by atoms with Crippen LogP contribution in [0.2, 0.25) is 0 Å². The van der Waals surface area contributed by atoms with Crippen LogP contribution in [0.3, 0.4) is 0 Å². The van der Waals surface area contributed by atoms with Crippen LogP contribution < -0.4 is 14.8 Å². The van der Waals surface area contributed by atoms with E-state index in [4.69, 9.17) is 9.47 Å². The summed E-state index contributed by atoms with van der Waals surface area (Å²) in [6, 6.07) is 5.27. The average molecular weight is 377 g/mol. The lowest BCUT2D eigenvalue weighted by Crippen LogP contribution is -2.46. The monoisotopic (exact) mass is 377 g/mol. The van der Waals surface area contributed by atoms with Gasteiger partial charge in [0.2, 0.25) is 5.91 Å². The number of ether oxygens (including phenoxy) is 2. The smallest absolute Gasteiger partial charge is 0.317 e. The Morgan fingerprint density at radius 3 is 2.48 bits per heavy atom. The van der Waals surface area contributed by atoms with Crippen molar-refractivity contribution < 1.29 is 19.1 Å². The van der Waals surface area contributed by atoms with Gasteiger partial charge in [-0.15, -0.1) is 0 Å². The van der Waals surface area contributed by atoms with E-state index in [-0.39, 0.29) is 30.3 Å². The minimum Gasteiger partial charge on any atom is -0.497 e. The fraction of sp³-hybridized carbons (Fsp3) is 0.600. The fourth-order valence-electron chi connectivity index (χ4n) is 3.44. The molecule has 1 aromatic rings. The largest absolute Gasteiger partial charge is 0.497 e. The van der Waals surface area contributed by atoms with Crippen molar-refractivity contribution in [3.8, 4) is 11.5 Å². The molecule has 3 amide bonds. The first-order valence-electron chi connectivity index (χ1n) is 9.23. The third-order valence-corrected chi connectivity index (χ3v) is 5.12. The zero-order chi connectivity index (χ0) is 20.1. The molecule has 1 aromatic carbocycles. The molecular formula is C20H31N3O4. The van der Waals surface area contributed by atoms with E-state index >= 15 is 0 Å². The highest BCUT2D eigenvalue weighted by atomic mass is 16.5. The molecule has 0 aromatic heterocycles. The third kappa shape index (κ3) is 5.05. The number of carbonyl (C=O) groups excluding carboxylic acids is 2. The number of benzene rings is 1. The Labute approximate surface area is 161 Å². The number of nitrogens with zero attached hydrogens (tertiary/aromatic N) is 2. The number of carbonyl (C=O) groups is 2. The molecule has 0 bridgehead atoms. The van der Waals surface area contributed by atoms with Crippen LogP contribution in [0.25, 0.3) is 0 Å². The second-order valence-electron chi connectivity index (χ2n) is 7.51. The van der Waals surface area contributed by atoms with Gasteiger partial charge in [-0.2, -0.15) is 0 Å². The van der Waals surface area contributed by atoms with E-state index in [0.29, 0.717) is 30.5 Å². The fourth-order valence-corrected chi connectivity index (χ4v) is 3.44. The van der Waals surface area contributed by atoms with Gasteiger partial charge >= 0.3 is 6.03 Å². The number of urea groups is 1. The van der Waals surface area contributed by atoms with Gasteiger partial charge in [0.05, 0.1) is 26.7 Å². The second-order valence-corrected chi connectivity index (χ2v) is 7.51. The number of hydrogen-bond acceptors (Lipinski definition) is 4. The minimum absolute atomic E-state index is 0.0220. The molecular weight excluding hydrogens is 346 g/mol. The number of rotatable bonds is 6. The summed E-state index contributed by atoms with van der Waals surface area (Å²) in [5, 5.41) is 3.05. The molecule has 1 saturated heterocycles. The van der Waals surface area contributed by atoms with Crippen LogP contribution in [-0.4, -0.2) is 69.2 Å². The highest BCUT2D eigenvalue weighted by Crippen LogP contribution is 2.28. The molecule has 0 aliphatic carbocycles. The Hall–Kier alpha value is -2.44. The summed E-state index contributed by atoms with van der Waals surface area (Å²) < 4.78 is 10.6. The number of methoxy groups -OCH3 is 2. The second kappa shape index (κ2) is 8.97. The van der Waals surface area contributed by atoms with Gasteiger partial charge in [0.25, 0.3) is 0 Å². The molecule has 150 valence electrons. The molecule has 7 nitrogen and oxygen atoms in total. The summed E-state index contributed by atoms with van der Waals surface area (Å²) in [5.41, 5.74) is 0.795. The summed E-state index contributed by atoms with van der Waals surface area (Å²) >= 11 is 0. The minimum atomic E-state index is -0.130. The predicted octanol–water partition coefficient (Wildman–Crippen LogP) is 2.00. The van der Waals surface area contributed by atoms with Crippen molar-refractivity contribution in [2.75, 3.05) is 41.4 Å². The number of likely N-dealkylation sites (tertiary alicyclic amines) is 1. The van der Waals surface area contributed by atoms with Crippen LogP contribution in [0.4, 0.5) is 4.79 Å². The van der Waals surface area contributed by atoms with E-state index in [1.165, 1.54) is 4.90 Å². The van der Waals surface area contributed by atoms with Crippen LogP contribution in [0.5, 0.6) is 11.5 Å². The van der Waals surface area contributed by atoms with Gasteiger partial charge in [0.15, 0.2) is 0 Å². The van der Waals surface area contributed by atoms with Crippen molar-refractivity contribution >= 4 is 11.9 Å². The molecule has 1 N–H and O–H groups in total. The van der Waals surface area contributed by atoms with Gasteiger partial charge in [0.1, 0.15) is 11.5 Å². The van der Waals surface area contributed by atoms with Gasteiger partial charge in [0, 0.05) is 38.7 Å². The Morgan fingerprint density at radius 1 is 1.22 bits per heavy atom. The Bertz CT molecular complexity index is 675. The van der Waals surface area contributed by atoms with Gasteiger partial charge in [-0.3, -0.25) is 4.79 Å². The molecule has 0 spiro atoms. The predicted molar refractivity (Wildman–Crippen MR) is 104 cm³/mol. The van der Waals surface area contributed by atoms with E-state index in [9.17, 15) is 9.59 Å². The van der Waals surface area contributed by atoms with E-state index in [2.05, 4.69) is 19.2 Å². The molecule has 1 aliphatic heterocycles. The molecule has 0 radical (unpaired) electrons. The number of amides is 3. The maximum atomic E-state index is 12.9. The molecule has 2 atom stereocenters. The molecule has 2 unspecified atom stereocenters. The van der Waals surface area contributed by atoms with E-state index in [1.54, 1.807) is 28.3 Å². The summed E-state index contributed by atoms with van der Waals surface area (Å²) in [5.74, 6) is 1.97. The van der Waals surface area contributed by atoms with Crippen LogP contribution in [-0.2, 0) is 11.2 Å². The van der Waals surface area contributed by atoms with Gasteiger partial charge in [-0.05, 0) is 24.1 Å². The molecule has 1 aliphatic rings. The lowest BCUT2D eigenvalue weighted by atomic mass is 9.91.